The van der Waals surface area contributed by atoms with E-state index in [1.807, 2.05) is 0 Å². The van der Waals surface area contributed by atoms with Crippen LogP contribution >= 0.6 is 0 Å². The Balaban J connectivity index is 2.42. The molecule has 0 fully saturated rings. The van der Waals surface area contributed by atoms with Crippen LogP contribution in [0.2, 0.25) is 0 Å². The van der Waals surface area contributed by atoms with Crippen molar-refractivity contribution in [3.05, 3.63) is 36.4 Å². The molecule has 0 bridgehead atoms. The first kappa shape index (κ1) is 12.8. The van der Waals surface area contributed by atoms with Crippen molar-refractivity contribution >= 4 is 11.9 Å². The van der Waals surface area contributed by atoms with Gasteiger partial charge in [0.2, 0.25) is 0 Å². The van der Waals surface area contributed by atoms with E-state index in [0.29, 0.717) is 0 Å². The summed E-state index contributed by atoms with van der Waals surface area (Å²) in [5.41, 5.74) is 0.211. The smallest absolute Gasteiger partial charge is 0.349 e. The molecule has 1 aromatic carbocycles. The van der Waals surface area contributed by atoms with Crippen LogP contribution in [0.5, 0.6) is 11.5 Å². The quantitative estimate of drug-likeness (QED) is 0.486. The van der Waals surface area contributed by atoms with Gasteiger partial charge in [0.25, 0.3) is 0 Å². The molecule has 0 aliphatic carbocycles. The second-order valence-electron chi connectivity index (χ2n) is 3.32. The van der Waals surface area contributed by atoms with Gasteiger partial charge in [-0.05, 0) is 31.2 Å². The van der Waals surface area contributed by atoms with Crippen LogP contribution in [0, 0.1) is 0 Å². The van der Waals surface area contributed by atoms with Gasteiger partial charge in [-0.25, -0.2) is 9.59 Å². The van der Waals surface area contributed by atoms with E-state index in [-0.39, 0.29) is 17.1 Å². The van der Waals surface area contributed by atoms with Crippen molar-refractivity contribution in [1.82, 2.24) is 0 Å². The number of carbonyl (C=O) groups excluding carboxylic acids is 2. The molecule has 0 aliphatic heterocycles. The average Bonchev–Trinajstić information content (AvgIpc) is 2.29. The third-order valence-electron chi connectivity index (χ3n) is 1.74. The Hall–Kier alpha value is -2.30. The van der Waals surface area contributed by atoms with Crippen LogP contribution in [0.25, 0.3) is 0 Å². The molecule has 0 atom stereocenters. The summed E-state index contributed by atoms with van der Waals surface area (Å²) in [6, 6.07) is 5.60. The number of phenolic OH excluding ortho intramolecular Hbond substituents is 1. The number of hydrogen-bond donors (Lipinski definition) is 1. The lowest BCUT2D eigenvalue weighted by atomic mass is 10.3. The molecule has 5 nitrogen and oxygen atoms in total. The van der Waals surface area contributed by atoms with Crippen molar-refractivity contribution in [3.8, 4) is 11.5 Å². The van der Waals surface area contributed by atoms with Gasteiger partial charge < -0.3 is 14.6 Å². The number of esters is 2. The average molecular weight is 236 g/mol. The molecule has 1 N–H and O–H groups in total. The highest BCUT2D eigenvalue weighted by Gasteiger charge is 2.09. The molecule has 0 heterocycles. The minimum absolute atomic E-state index is 0.0681. The third kappa shape index (κ3) is 4.38. The SMILES string of the molecule is C=C(C)C(=O)OCC(=O)Oc1ccc(O)cc1. The van der Waals surface area contributed by atoms with E-state index in [1.54, 1.807) is 0 Å². The Morgan fingerprint density at radius 3 is 2.41 bits per heavy atom. The van der Waals surface area contributed by atoms with Gasteiger partial charge in [0.15, 0.2) is 6.61 Å². The fraction of sp³-hybridized carbons (Fsp3) is 0.167. The van der Waals surface area contributed by atoms with Gasteiger partial charge >= 0.3 is 11.9 Å². The molecular formula is C12H12O5. The molecule has 0 spiro atoms. The molecule has 17 heavy (non-hydrogen) atoms. The molecule has 0 aliphatic rings. The second-order valence-corrected chi connectivity index (χ2v) is 3.32. The first-order valence-electron chi connectivity index (χ1n) is 4.81. The first-order valence-corrected chi connectivity index (χ1v) is 4.81. The fourth-order valence-electron chi connectivity index (χ4n) is 0.923. The van der Waals surface area contributed by atoms with Gasteiger partial charge in [-0.15, -0.1) is 0 Å². The zero-order valence-electron chi connectivity index (χ0n) is 9.30. The summed E-state index contributed by atoms with van der Waals surface area (Å²) in [4.78, 5) is 22.2. The second kappa shape index (κ2) is 5.69. The number of aromatic hydroxyl groups is 1. The Labute approximate surface area is 98.3 Å². The maximum atomic E-state index is 11.2. The first-order chi connectivity index (χ1) is 7.99. The maximum absolute atomic E-state index is 11.2. The Morgan fingerprint density at radius 2 is 1.88 bits per heavy atom. The lowest BCUT2D eigenvalue weighted by Gasteiger charge is -2.05. The van der Waals surface area contributed by atoms with Gasteiger partial charge in [-0.2, -0.15) is 0 Å². The number of ether oxygens (including phenoxy) is 2. The van der Waals surface area contributed by atoms with Crippen molar-refractivity contribution in [2.75, 3.05) is 6.61 Å². The van der Waals surface area contributed by atoms with Crippen molar-refractivity contribution in [2.45, 2.75) is 6.92 Å². The normalized spacial score (nSPS) is 9.47. The summed E-state index contributed by atoms with van der Waals surface area (Å²) >= 11 is 0. The number of rotatable bonds is 4. The van der Waals surface area contributed by atoms with Crippen molar-refractivity contribution in [1.29, 1.82) is 0 Å². The van der Waals surface area contributed by atoms with E-state index in [4.69, 9.17) is 9.84 Å². The number of carbonyl (C=O) groups is 2. The summed E-state index contributed by atoms with van der Waals surface area (Å²) < 4.78 is 9.44. The summed E-state index contributed by atoms with van der Waals surface area (Å²) in [6.07, 6.45) is 0. The molecule has 1 aromatic rings. The number of phenols is 1. The minimum atomic E-state index is -0.703. The monoisotopic (exact) mass is 236 g/mol. The Bertz CT molecular complexity index is 433. The van der Waals surface area contributed by atoms with Crippen molar-refractivity contribution in [3.63, 3.8) is 0 Å². The van der Waals surface area contributed by atoms with Crippen LogP contribution in [0.4, 0.5) is 0 Å². The standard InChI is InChI=1S/C12H12O5/c1-8(2)12(15)16-7-11(14)17-10-5-3-9(13)4-6-10/h3-6,13H,1,7H2,2H3. The fourth-order valence-corrected chi connectivity index (χ4v) is 0.923. The molecule has 0 radical (unpaired) electrons. The van der Waals surface area contributed by atoms with Crippen LogP contribution in [-0.2, 0) is 14.3 Å². The predicted octanol–water partition coefficient (Wildman–Crippen LogP) is 1.42. The zero-order chi connectivity index (χ0) is 12.8. The van der Waals surface area contributed by atoms with Crippen LogP contribution < -0.4 is 4.74 Å². The summed E-state index contributed by atoms with van der Waals surface area (Å²) in [7, 11) is 0. The highest BCUT2D eigenvalue weighted by molar-refractivity contribution is 5.88. The van der Waals surface area contributed by atoms with E-state index in [9.17, 15) is 9.59 Å². The largest absolute Gasteiger partial charge is 0.508 e. The van der Waals surface area contributed by atoms with E-state index in [2.05, 4.69) is 11.3 Å². The van der Waals surface area contributed by atoms with Gasteiger partial charge in [0, 0.05) is 5.57 Å². The van der Waals surface area contributed by atoms with Crippen LogP contribution in [0.15, 0.2) is 36.4 Å². The van der Waals surface area contributed by atoms with Gasteiger partial charge in [0.05, 0.1) is 0 Å². The van der Waals surface area contributed by atoms with Crippen LogP contribution in [0.1, 0.15) is 6.92 Å². The van der Waals surface area contributed by atoms with Crippen molar-refractivity contribution < 1.29 is 24.2 Å². The molecule has 0 unspecified atom stereocenters. The van der Waals surface area contributed by atoms with Crippen LogP contribution in [-0.4, -0.2) is 23.7 Å². The zero-order valence-corrected chi connectivity index (χ0v) is 9.30. The highest BCUT2D eigenvalue weighted by atomic mass is 16.6. The maximum Gasteiger partial charge on any atom is 0.349 e. The molecule has 5 heteroatoms. The topological polar surface area (TPSA) is 72.8 Å². The lowest BCUT2D eigenvalue weighted by Crippen LogP contribution is -2.18. The third-order valence-corrected chi connectivity index (χ3v) is 1.74. The predicted molar refractivity (Wildman–Crippen MR) is 59.5 cm³/mol. The minimum Gasteiger partial charge on any atom is -0.508 e. The molecule has 90 valence electrons. The summed E-state index contributed by atoms with van der Waals surface area (Å²) in [5.74, 6) is -1.02. The van der Waals surface area contributed by atoms with E-state index < -0.39 is 18.5 Å². The van der Waals surface area contributed by atoms with Gasteiger partial charge in [-0.1, -0.05) is 6.58 Å². The molecule has 0 saturated heterocycles. The molecular weight excluding hydrogens is 224 g/mol. The van der Waals surface area contributed by atoms with Gasteiger partial charge in [-0.3, -0.25) is 0 Å². The summed E-state index contributed by atoms with van der Waals surface area (Å²) in [5, 5.41) is 9.01. The molecule has 0 aromatic heterocycles. The van der Waals surface area contributed by atoms with Crippen molar-refractivity contribution in [2.24, 2.45) is 0 Å². The molecule has 0 amide bonds. The lowest BCUT2D eigenvalue weighted by molar-refractivity contribution is -0.150. The van der Waals surface area contributed by atoms with E-state index in [1.165, 1.54) is 31.2 Å². The van der Waals surface area contributed by atoms with E-state index in [0.717, 1.165) is 0 Å². The summed E-state index contributed by atoms with van der Waals surface area (Å²) in [6.45, 7) is 4.37. The molecule has 0 saturated carbocycles. The molecule has 1 rings (SSSR count). The van der Waals surface area contributed by atoms with Crippen LogP contribution in [0.3, 0.4) is 0 Å². The number of benzene rings is 1. The Morgan fingerprint density at radius 1 is 1.29 bits per heavy atom. The van der Waals surface area contributed by atoms with E-state index >= 15 is 0 Å². The number of hydrogen-bond acceptors (Lipinski definition) is 5. The highest BCUT2D eigenvalue weighted by Crippen LogP contribution is 2.15. The van der Waals surface area contributed by atoms with Gasteiger partial charge in [0.1, 0.15) is 11.5 Å². The Kier molecular flexibility index (Phi) is 4.28.